The zero-order valence-electron chi connectivity index (χ0n) is 9.65. The molecule has 0 bridgehead atoms. The molecule has 0 radical (unpaired) electrons. The van der Waals surface area contributed by atoms with Crippen LogP contribution in [0.2, 0.25) is 0 Å². The van der Waals surface area contributed by atoms with E-state index in [2.05, 4.69) is 28.7 Å². The molecule has 1 rings (SSSR count). The zero-order valence-corrected chi connectivity index (χ0v) is 12.7. The summed E-state index contributed by atoms with van der Waals surface area (Å²) in [6.07, 6.45) is 4.95. The highest BCUT2D eigenvalue weighted by Crippen LogP contribution is 2.52. The molecule has 0 heterocycles. The van der Waals surface area contributed by atoms with Crippen molar-refractivity contribution in [1.29, 1.82) is 0 Å². The summed E-state index contributed by atoms with van der Waals surface area (Å²) in [5.41, 5.74) is 0. The van der Waals surface area contributed by atoms with Crippen LogP contribution < -0.4 is 0 Å². The van der Waals surface area contributed by atoms with E-state index in [0.29, 0.717) is 13.2 Å². The quantitative estimate of drug-likeness (QED) is 0.530. The molecular weight excluding hydrogens is 342 g/mol. The maximum absolute atomic E-state index is 12.1. The average molecular weight is 360 g/mol. The van der Waals surface area contributed by atoms with Crippen molar-refractivity contribution in [2.24, 2.45) is 0 Å². The van der Waals surface area contributed by atoms with Crippen LogP contribution in [0.5, 0.6) is 0 Å². The first-order valence-electron chi connectivity index (χ1n) is 5.54. The average Bonchev–Trinajstić information content (AvgIpc) is 2.22. The van der Waals surface area contributed by atoms with Crippen LogP contribution in [0.1, 0.15) is 33.1 Å². The van der Waals surface area contributed by atoms with Gasteiger partial charge in [0.25, 0.3) is 0 Å². The lowest BCUT2D eigenvalue weighted by Crippen LogP contribution is -2.16. The summed E-state index contributed by atoms with van der Waals surface area (Å²) in [5, 5.41) is 0. The number of phosphoric ester groups is 1. The topological polar surface area (TPSA) is 44.8 Å². The van der Waals surface area contributed by atoms with E-state index in [1.165, 1.54) is 0 Å². The molecule has 0 aliphatic heterocycles. The minimum absolute atomic E-state index is 0.140. The van der Waals surface area contributed by atoms with E-state index in [-0.39, 0.29) is 6.10 Å². The molecule has 0 unspecified atom stereocenters. The first-order valence-corrected chi connectivity index (χ1v) is 8.08. The van der Waals surface area contributed by atoms with Crippen molar-refractivity contribution in [2.75, 3.05) is 13.2 Å². The predicted molar refractivity (Wildman–Crippen MR) is 71.7 cm³/mol. The Labute approximate surface area is 110 Å². The fraction of sp³-hybridized carbons (Fsp3) is 0.800. The highest BCUT2D eigenvalue weighted by Gasteiger charge is 2.31. The number of phosphoric acid groups is 1. The largest absolute Gasteiger partial charge is 0.475 e. The van der Waals surface area contributed by atoms with E-state index in [1.54, 1.807) is 13.8 Å². The first kappa shape index (κ1) is 14.6. The van der Waals surface area contributed by atoms with Gasteiger partial charge in [0.05, 0.1) is 19.3 Å². The first-order chi connectivity index (χ1) is 7.61. The van der Waals surface area contributed by atoms with Crippen LogP contribution >= 0.6 is 30.4 Å². The third-order valence-electron chi connectivity index (χ3n) is 2.15. The molecule has 0 spiro atoms. The van der Waals surface area contributed by atoms with Gasteiger partial charge in [-0.15, -0.1) is 0 Å². The molecule has 6 heteroatoms. The van der Waals surface area contributed by atoms with Gasteiger partial charge in [-0.2, -0.15) is 0 Å². The van der Waals surface area contributed by atoms with Crippen LogP contribution in [0.3, 0.4) is 0 Å². The molecular formula is C10H18IO4P. The molecule has 0 saturated heterocycles. The van der Waals surface area contributed by atoms with Crippen molar-refractivity contribution in [3.05, 3.63) is 9.66 Å². The lowest BCUT2D eigenvalue weighted by Gasteiger charge is -2.25. The van der Waals surface area contributed by atoms with Gasteiger partial charge in [-0.25, -0.2) is 4.57 Å². The van der Waals surface area contributed by atoms with E-state index in [1.807, 2.05) is 0 Å². The van der Waals surface area contributed by atoms with Gasteiger partial charge in [-0.1, -0.05) is 6.08 Å². The van der Waals surface area contributed by atoms with Crippen LogP contribution in [0.25, 0.3) is 0 Å². The van der Waals surface area contributed by atoms with E-state index < -0.39 is 7.82 Å². The number of rotatable bonds is 6. The number of hydrogen-bond donors (Lipinski definition) is 0. The van der Waals surface area contributed by atoms with Crippen molar-refractivity contribution in [3.63, 3.8) is 0 Å². The van der Waals surface area contributed by atoms with Crippen molar-refractivity contribution in [2.45, 2.75) is 39.2 Å². The molecule has 1 atom stereocenters. The Kier molecular flexibility index (Phi) is 6.51. The van der Waals surface area contributed by atoms with Gasteiger partial charge in [-0.05, 0) is 55.7 Å². The Morgan fingerprint density at radius 2 is 2.06 bits per heavy atom. The van der Waals surface area contributed by atoms with Crippen LogP contribution in [-0.4, -0.2) is 19.3 Å². The Bertz CT molecular complexity index is 283. The Morgan fingerprint density at radius 1 is 1.44 bits per heavy atom. The fourth-order valence-electron chi connectivity index (χ4n) is 1.49. The van der Waals surface area contributed by atoms with Crippen LogP contribution in [0.4, 0.5) is 0 Å². The molecule has 0 amide bonds. The highest BCUT2D eigenvalue weighted by molar-refractivity contribution is 14.1. The van der Waals surface area contributed by atoms with Gasteiger partial charge in [0.15, 0.2) is 0 Å². The number of allylic oxidation sites excluding steroid dienone is 1. The lowest BCUT2D eigenvalue weighted by atomic mass is 10.1. The summed E-state index contributed by atoms with van der Waals surface area (Å²) in [6, 6.07) is 0. The number of halogens is 1. The van der Waals surface area contributed by atoms with Crippen molar-refractivity contribution < 1.29 is 18.1 Å². The molecule has 0 N–H and O–H groups in total. The van der Waals surface area contributed by atoms with Crippen LogP contribution in [0.15, 0.2) is 9.66 Å². The SMILES string of the molecule is CCOP(=O)(OCC)O[C@@H]1CCCC=C1I. The lowest BCUT2D eigenvalue weighted by molar-refractivity contribution is 0.0947. The van der Waals surface area contributed by atoms with Crippen molar-refractivity contribution in [1.82, 2.24) is 0 Å². The molecule has 0 fully saturated rings. The third-order valence-corrected chi connectivity index (χ3v) is 4.94. The Balaban J connectivity index is 2.63. The molecule has 0 aromatic heterocycles. The molecule has 0 aromatic carbocycles. The minimum Gasteiger partial charge on any atom is -0.287 e. The Morgan fingerprint density at radius 3 is 2.56 bits per heavy atom. The van der Waals surface area contributed by atoms with Gasteiger partial charge in [0.2, 0.25) is 0 Å². The Hall–Kier alpha value is 0.580. The highest BCUT2D eigenvalue weighted by atomic mass is 127. The molecule has 94 valence electrons. The third kappa shape index (κ3) is 4.45. The van der Waals surface area contributed by atoms with Gasteiger partial charge in [-0.3, -0.25) is 13.6 Å². The second kappa shape index (κ2) is 7.11. The summed E-state index contributed by atoms with van der Waals surface area (Å²) in [4.78, 5) is 0. The maximum atomic E-state index is 12.1. The molecule has 4 nitrogen and oxygen atoms in total. The van der Waals surface area contributed by atoms with Gasteiger partial charge < -0.3 is 0 Å². The molecule has 1 aliphatic rings. The smallest absolute Gasteiger partial charge is 0.287 e. The minimum atomic E-state index is -3.37. The van der Waals surface area contributed by atoms with Gasteiger partial charge >= 0.3 is 7.82 Å². The summed E-state index contributed by atoms with van der Waals surface area (Å²) in [5.74, 6) is 0. The monoisotopic (exact) mass is 360 g/mol. The summed E-state index contributed by atoms with van der Waals surface area (Å²) in [7, 11) is -3.37. The predicted octanol–water partition coefficient (Wildman–Crippen LogP) is 4.06. The van der Waals surface area contributed by atoms with Crippen molar-refractivity contribution in [3.8, 4) is 0 Å². The molecule has 0 saturated carbocycles. The van der Waals surface area contributed by atoms with E-state index in [4.69, 9.17) is 13.6 Å². The van der Waals surface area contributed by atoms with Crippen molar-refractivity contribution >= 4 is 30.4 Å². The molecule has 0 aromatic rings. The number of hydrogen-bond acceptors (Lipinski definition) is 4. The van der Waals surface area contributed by atoms with E-state index in [9.17, 15) is 4.57 Å². The fourth-order valence-corrected chi connectivity index (χ4v) is 3.80. The summed E-state index contributed by atoms with van der Waals surface area (Å²) in [6.45, 7) is 4.20. The molecule has 16 heavy (non-hydrogen) atoms. The van der Waals surface area contributed by atoms with Gasteiger partial charge in [0.1, 0.15) is 0 Å². The maximum Gasteiger partial charge on any atom is 0.475 e. The second-order valence-corrected chi connectivity index (χ2v) is 6.26. The zero-order chi connectivity index (χ0) is 12.0. The molecule has 1 aliphatic carbocycles. The normalized spacial score (nSPS) is 21.9. The second-order valence-electron chi connectivity index (χ2n) is 3.40. The van der Waals surface area contributed by atoms with Gasteiger partial charge in [0, 0.05) is 3.58 Å². The summed E-state index contributed by atoms with van der Waals surface area (Å²) >= 11 is 2.22. The van der Waals surface area contributed by atoms with E-state index >= 15 is 0 Å². The summed E-state index contributed by atoms with van der Waals surface area (Å²) < 4.78 is 28.9. The standard InChI is InChI=1S/C10H18IO4P/c1-3-13-16(12,14-4-2)15-10-8-6-5-7-9(10)11/h7,10H,3-6,8H2,1-2H3/t10-/m1/s1. The van der Waals surface area contributed by atoms with Crippen LogP contribution in [0, 0.1) is 0 Å². The van der Waals surface area contributed by atoms with E-state index in [0.717, 1.165) is 22.8 Å². The van der Waals surface area contributed by atoms with Crippen LogP contribution in [-0.2, 0) is 18.1 Å².